The van der Waals surface area contributed by atoms with Crippen LogP contribution in [0.3, 0.4) is 0 Å². The molecule has 0 heterocycles. The number of nitrogens with one attached hydrogen (secondary N) is 1. The van der Waals surface area contributed by atoms with E-state index in [2.05, 4.69) is 5.32 Å². The van der Waals surface area contributed by atoms with Crippen molar-refractivity contribution < 1.29 is 9.59 Å². The predicted molar refractivity (Wildman–Crippen MR) is 97.0 cm³/mol. The van der Waals surface area contributed by atoms with Gasteiger partial charge in [-0.3, -0.25) is 9.59 Å². The molecule has 3 N–H and O–H groups in total. The molecule has 24 heavy (non-hydrogen) atoms. The van der Waals surface area contributed by atoms with Crippen LogP contribution in [0.2, 0.25) is 0 Å². The molecule has 0 aromatic heterocycles. The minimum Gasteiger partial charge on any atom is -0.368 e. The molecule has 2 aromatic rings. The molecule has 1 amide bonds. The van der Waals surface area contributed by atoms with Crippen molar-refractivity contribution in [3.05, 3.63) is 59.7 Å². The molecule has 4 nitrogen and oxygen atoms in total. The topological polar surface area (TPSA) is 72.2 Å². The molecule has 0 radical (unpaired) electrons. The summed E-state index contributed by atoms with van der Waals surface area (Å²) in [5.74, 6) is -0.311. The van der Waals surface area contributed by atoms with Gasteiger partial charge < -0.3 is 11.1 Å². The quantitative estimate of drug-likeness (QED) is 0.803. The molecular weight excluding hydrogens is 300 g/mol. The predicted octanol–water partition coefficient (Wildman–Crippen LogP) is 2.91. The van der Waals surface area contributed by atoms with Gasteiger partial charge in [0.05, 0.1) is 6.04 Å². The van der Waals surface area contributed by atoms with Crippen molar-refractivity contribution >= 4 is 11.7 Å². The summed E-state index contributed by atoms with van der Waals surface area (Å²) in [7, 11) is 1.74. The first-order valence-corrected chi connectivity index (χ1v) is 7.96. The third-order valence-electron chi connectivity index (χ3n) is 4.55. The van der Waals surface area contributed by atoms with Crippen LogP contribution in [-0.4, -0.2) is 24.8 Å². The van der Waals surface area contributed by atoms with Gasteiger partial charge in [-0.15, -0.1) is 0 Å². The fourth-order valence-corrected chi connectivity index (χ4v) is 3.02. The highest BCUT2D eigenvalue weighted by Gasteiger charge is 2.34. The van der Waals surface area contributed by atoms with Crippen LogP contribution in [0.1, 0.15) is 36.7 Å². The average molecular weight is 324 g/mol. The number of ketones is 1. The van der Waals surface area contributed by atoms with Crippen molar-refractivity contribution in [2.75, 3.05) is 7.05 Å². The Labute approximate surface area is 143 Å². The van der Waals surface area contributed by atoms with Gasteiger partial charge in [0.25, 0.3) is 0 Å². The van der Waals surface area contributed by atoms with E-state index < -0.39 is 11.5 Å². The minimum atomic E-state index is -0.446. The lowest BCUT2D eigenvalue weighted by Gasteiger charge is -2.32. The van der Waals surface area contributed by atoms with E-state index in [1.165, 1.54) is 0 Å². The summed E-state index contributed by atoms with van der Waals surface area (Å²) in [4.78, 5) is 23.0. The van der Waals surface area contributed by atoms with E-state index in [0.29, 0.717) is 5.56 Å². The second-order valence-electron chi connectivity index (χ2n) is 6.56. The number of carbonyl (C=O) groups is 2. The summed E-state index contributed by atoms with van der Waals surface area (Å²) in [6.07, 6.45) is 0. The van der Waals surface area contributed by atoms with Crippen molar-refractivity contribution in [2.45, 2.75) is 32.2 Å². The van der Waals surface area contributed by atoms with Crippen molar-refractivity contribution in [1.82, 2.24) is 5.32 Å². The molecule has 1 atom stereocenters. The molecule has 0 fully saturated rings. The third-order valence-corrected chi connectivity index (χ3v) is 4.55. The summed E-state index contributed by atoms with van der Waals surface area (Å²) >= 11 is 0. The van der Waals surface area contributed by atoms with Crippen LogP contribution < -0.4 is 11.1 Å². The van der Waals surface area contributed by atoms with Crippen LogP contribution in [-0.2, 0) is 10.2 Å². The smallest absolute Gasteiger partial charge is 0.235 e. The molecule has 0 aliphatic rings. The van der Waals surface area contributed by atoms with Crippen molar-refractivity contribution in [2.24, 2.45) is 5.73 Å². The Morgan fingerprint density at radius 2 is 1.42 bits per heavy atom. The van der Waals surface area contributed by atoms with Crippen LogP contribution in [0.25, 0.3) is 11.1 Å². The van der Waals surface area contributed by atoms with Crippen molar-refractivity contribution in [3.8, 4) is 11.1 Å². The Morgan fingerprint density at radius 1 is 0.958 bits per heavy atom. The highest BCUT2D eigenvalue weighted by molar-refractivity contribution is 5.94. The number of benzene rings is 2. The second kappa shape index (κ2) is 6.97. The zero-order valence-electron chi connectivity index (χ0n) is 14.6. The summed E-state index contributed by atoms with van der Waals surface area (Å²) in [5.41, 5.74) is 8.92. The largest absolute Gasteiger partial charge is 0.368 e. The lowest BCUT2D eigenvalue weighted by molar-refractivity contribution is -0.121. The Bertz CT molecular complexity index is 731. The van der Waals surface area contributed by atoms with E-state index in [0.717, 1.165) is 16.7 Å². The molecule has 0 saturated carbocycles. The number of hydrogen-bond donors (Lipinski definition) is 2. The molecule has 126 valence electrons. The monoisotopic (exact) mass is 324 g/mol. The van der Waals surface area contributed by atoms with Gasteiger partial charge in [0.15, 0.2) is 5.78 Å². The zero-order valence-corrected chi connectivity index (χ0v) is 14.6. The van der Waals surface area contributed by atoms with E-state index in [-0.39, 0.29) is 11.7 Å². The Hall–Kier alpha value is -2.46. The Balaban J connectivity index is 2.30. The summed E-state index contributed by atoms with van der Waals surface area (Å²) in [6.45, 7) is 5.55. The number of Topliss-reactive ketones (excluding diaryl/α,β-unsaturated/α-hetero) is 1. The van der Waals surface area contributed by atoms with Crippen molar-refractivity contribution in [3.63, 3.8) is 0 Å². The lowest BCUT2D eigenvalue weighted by atomic mass is 9.77. The number of rotatable bonds is 6. The number of nitrogens with two attached hydrogens (primary N) is 1. The van der Waals surface area contributed by atoms with Gasteiger partial charge in [0.1, 0.15) is 0 Å². The minimum absolute atomic E-state index is 0.0585. The van der Waals surface area contributed by atoms with E-state index >= 15 is 0 Å². The van der Waals surface area contributed by atoms with E-state index in [4.69, 9.17) is 5.73 Å². The van der Waals surface area contributed by atoms with Crippen LogP contribution >= 0.6 is 0 Å². The molecular formula is C20H24N2O2. The van der Waals surface area contributed by atoms with Crippen molar-refractivity contribution in [1.29, 1.82) is 0 Å². The maximum Gasteiger partial charge on any atom is 0.235 e. The summed E-state index contributed by atoms with van der Waals surface area (Å²) in [6, 6.07) is 15.2. The molecule has 0 unspecified atom stereocenters. The first-order chi connectivity index (χ1) is 11.3. The molecule has 0 aliphatic carbocycles. The SMILES string of the molecule is CN[C@H](C(N)=O)C(C)(C)c1ccc(-c2ccc(C(C)=O)cc2)cc1. The van der Waals surface area contributed by atoms with Gasteiger partial charge >= 0.3 is 0 Å². The molecule has 0 saturated heterocycles. The van der Waals surface area contributed by atoms with Crippen LogP contribution in [0.15, 0.2) is 48.5 Å². The average Bonchev–Trinajstić information content (AvgIpc) is 2.55. The number of primary amides is 1. The lowest BCUT2D eigenvalue weighted by Crippen LogP contribution is -2.51. The zero-order chi connectivity index (χ0) is 17.9. The summed E-state index contributed by atoms with van der Waals surface area (Å²) in [5, 5.41) is 3.00. The molecule has 2 rings (SSSR count). The number of amides is 1. The number of hydrogen-bond acceptors (Lipinski definition) is 3. The molecule has 4 heteroatoms. The summed E-state index contributed by atoms with van der Waals surface area (Å²) < 4.78 is 0. The second-order valence-corrected chi connectivity index (χ2v) is 6.56. The number of likely N-dealkylation sites (N-methyl/N-ethyl adjacent to an activating group) is 1. The van der Waals surface area contributed by atoms with Crippen LogP contribution in [0.5, 0.6) is 0 Å². The molecule has 0 aliphatic heterocycles. The highest BCUT2D eigenvalue weighted by Crippen LogP contribution is 2.29. The van der Waals surface area contributed by atoms with Gasteiger partial charge in [0.2, 0.25) is 5.91 Å². The van der Waals surface area contributed by atoms with Gasteiger partial charge in [-0.2, -0.15) is 0 Å². The third kappa shape index (κ3) is 3.54. The first-order valence-electron chi connectivity index (χ1n) is 7.96. The van der Waals surface area contributed by atoms with Gasteiger partial charge in [-0.1, -0.05) is 62.4 Å². The van der Waals surface area contributed by atoms with Crippen LogP contribution in [0, 0.1) is 0 Å². The fraction of sp³-hybridized carbons (Fsp3) is 0.300. The van der Waals surface area contributed by atoms with Crippen LogP contribution in [0.4, 0.5) is 0 Å². The molecule has 0 bridgehead atoms. The Morgan fingerprint density at radius 3 is 1.79 bits per heavy atom. The van der Waals surface area contributed by atoms with Gasteiger partial charge in [0, 0.05) is 11.0 Å². The number of carbonyl (C=O) groups excluding carboxylic acids is 2. The molecule has 0 spiro atoms. The van der Waals surface area contributed by atoms with Gasteiger partial charge in [-0.05, 0) is 30.7 Å². The maximum absolute atomic E-state index is 11.7. The Kier molecular flexibility index (Phi) is 5.20. The van der Waals surface area contributed by atoms with E-state index in [1.807, 2.05) is 62.4 Å². The van der Waals surface area contributed by atoms with E-state index in [1.54, 1.807) is 14.0 Å². The van der Waals surface area contributed by atoms with Gasteiger partial charge in [-0.25, -0.2) is 0 Å². The standard InChI is InChI=1S/C20H24N2O2/c1-13(23)14-5-7-15(8-6-14)16-9-11-17(12-10-16)20(2,3)18(22-4)19(21)24/h5-12,18,22H,1-4H3,(H2,21,24)/t18-/m1/s1. The highest BCUT2D eigenvalue weighted by atomic mass is 16.1. The normalized spacial score (nSPS) is 12.7. The fourth-order valence-electron chi connectivity index (χ4n) is 3.02. The van der Waals surface area contributed by atoms with E-state index in [9.17, 15) is 9.59 Å². The molecule has 2 aromatic carbocycles. The first kappa shape index (κ1) is 17.9. The maximum atomic E-state index is 11.7.